The van der Waals surface area contributed by atoms with E-state index in [-0.39, 0.29) is 18.6 Å². The van der Waals surface area contributed by atoms with Crippen LogP contribution < -0.4 is 0 Å². The first-order valence-electron chi connectivity index (χ1n) is 5.87. The molecule has 96 valence electrons. The maximum absolute atomic E-state index is 10.9. The van der Waals surface area contributed by atoms with Crippen molar-refractivity contribution < 1.29 is 14.3 Å². The van der Waals surface area contributed by atoms with Crippen LogP contribution in [-0.2, 0) is 4.79 Å². The van der Waals surface area contributed by atoms with Gasteiger partial charge in [0.2, 0.25) is 0 Å². The predicted octanol–water partition coefficient (Wildman–Crippen LogP) is 2.75. The van der Waals surface area contributed by atoms with E-state index >= 15 is 0 Å². The van der Waals surface area contributed by atoms with Crippen LogP contribution in [-0.4, -0.2) is 28.6 Å². The van der Waals surface area contributed by atoms with Gasteiger partial charge < -0.3 is 9.52 Å². The van der Waals surface area contributed by atoms with E-state index in [1.165, 1.54) is 0 Å². The third kappa shape index (κ3) is 3.33. The van der Waals surface area contributed by atoms with Crippen LogP contribution in [0.25, 0.3) is 0 Å². The van der Waals surface area contributed by atoms with Crippen LogP contribution in [0.15, 0.2) is 10.5 Å². The topological polar surface area (TPSA) is 53.7 Å². The lowest BCUT2D eigenvalue weighted by Crippen LogP contribution is -2.37. The number of furan rings is 1. The Morgan fingerprint density at radius 3 is 2.35 bits per heavy atom. The van der Waals surface area contributed by atoms with E-state index in [0.717, 1.165) is 17.1 Å². The highest BCUT2D eigenvalue weighted by molar-refractivity contribution is 5.69. The Kier molecular flexibility index (Phi) is 4.34. The second-order valence-electron chi connectivity index (χ2n) is 4.70. The van der Waals surface area contributed by atoms with Crippen molar-refractivity contribution in [2.24, 2.45) is 0 Å². The SMILES string of the molecule is Cc1cc(C(C)N(CC(=O)O)C(C)C)c(C)o1. The van der Waals surface area contributed by atoms with Crippen molar-refractivity contribution >= 4 is 5.97 Å². The molecule has 1 rings (SSSR count). The summed E-state index contributed by atoms with van der Waals surface area (Å²) in [6.45, 7) is 9.88. The van der Waals surface area contributed by atoms with Gasteiger partial charge in [-0.2, -0.15) is 0 Å². The Hall–Kier alpha value is -1.29. The summed E-state index contributed by atoms with van der Waals surface area (Å²) >= 11 is 0. The average molecular weight is 239 g/mol. The molecule has 0 fully saturated rings. The molecule has 0 spiro atoms. The lowest BCUT2D eigenvalue weighted by atomic mass is 10.1. The van der Waals surface area contributed by atoms with Crippen LogP contribution in [0.3, 0.4) is 0 Å². The van der Waals surface area contributed by atoms with Gasteiger partial charge in [0.1, 0.15) is 11.5 Å². The number of aliphatic carboxylic acids is 1. The molecule has 0 saturated heterocycles. The molecule has 0 aliphatic rings. The summed E-state index contributed by atoms with van der Waals surface area (Å²) in [5.41, 5.74) is 1.07. The molecule has 1 heterocycles. The summed E-state index contributed by atoms with van der Waals surface area (Å²) in [5.74, 6) is 0.929. The lowest BCUT2D eigenvalue weighted by Gasteiger charge is -2.31. The second-order valence-corrected chi connectivity index (χ2v) is 4.70. The number of carboxylic acid groups (broad SMARTS) is 1. The van der Waals surface area contributed by atoms with Crippen LogP contribution in [0.1, 0.15) is 43.9 Å². The number of hydrogen-bond donors (Lipinski definition) is 1. The van der Waals surface area contributed by atoms with Crippen LogP contribution in [0.5, 0.6) is 0 Å². The summed E-state index contributed by atoms with van der Waals surface area (Å²) in [6, 6.07) is 2.20. The quantitative estimate of drug-likeness (QED) is 0.858. The standard InChI is InChI=1S/C13H21NO3/c1-8(2)14(7-13(15)16)10(4)12-6-9(3)17-11(12)5/h6,8,10H,7H2,1-5H3,(H,15,16). The first-order chi connectivity index (χ1) is 7.82. The van der Waals surface area contributed by atoms with Gasteiger partial charge in [0.05, 0.1) is 6.54 Å². The van der Waals surface area contributed by atoms with Gasteiger partial charge in [-0.15, -0.1) is 0 Å². The molecule has 0 bridgehead atoms. The molecule has 1 unspecified atom stereocenters. The number of hydrogen-bond acceptors (Lipinski definition) is 3. The molecule has 4 nitrogen and oxygen atoms in total. The van der Waals surface area contributed by atoms with E-state index < -0.39 is 5.97 Å². The highest BCUT2D eigenvalue weighted by atomic mass is 16.4. The fraction of sp³-hybridized carbons (Fsp3) is 0.615. The molecule has 0 aliphatic carbocycles. The van der Waals surface area contributed by atoms with Crippen molar-refractivity contribution in [2.75, 3.05) is 6.54 Å². The van der Waals surface area contributed by atoms with Crippen LogP contribution in [0.2, 0.25) is 0 Å². The van der Waals surface area contributed by atoms with Gasteiger partial charge in [-0.05, 0) is 40.7 Å². The summed E-state index contributed by atoms with van der Waals surface area (Å²) in [7, 11) is 0. The summed E-state index contributed by atoms with van der Waals surface area (Å²) < 4.78 is 5.50. The van der Waals surface area contributed by atoms with Crippen molar-refractivity contribution in [1.82, 2.24) is 4.90 Å². The molecule has 1 aromatic heterocycles. The maximum Gasteiger partial charge on any atom is 0.317 e. The van der Waals surface area contributed by atoms with Gasteiger partial charge in [0.15, 0.2) is 0 Å². The van der Waals surface area contributed by atoms with E-state index in [1.54, 1.807) is 0 Å². The maximum atomic E-state index is 10.9. The Bertz CT molecular complexity index is 395. The third-order valence-corrected chi connectivity index (χ3v) is 3.01. The molecule has 1 atom stereocenters. The highest BCUT2D eigenvalue weighted by Crippen LogP contribution is 2.27. The van der Waals surface area contributed by atoms with Crippen molar-refractivity contribution in [2.45, 2.75) is 46.7 Å². The predicted molar refractivity (Wildman–Crippen MR) is 66.1 cm³/mol. The molecule has 4 heteroatoms. The Morgan fingerprint density at radius 1 is 1.41 bits per heavy atom. The number of aryl methyl sites for hydroxylation is 2. The van der Waals surface area contributed by atoms with Gasteiger partial charge >= 0.3 is 5.97 Å². The largest absolute Gasteiger partial charge is 0.480 e. The minimum Gasteiger partial charge on any atom is -0.480 e. The van der Waals surface area contributed by atoms with Crippen LogP contribution in [0.4, 0.5) is 0 Å². The van der Waals surface area contributed by atoms with Crippen molar-refractivity contribution in [1.29, 1.82) is 0 Å². The third-order valence-electron chi connectivity index (χ3n) is 3.01. The van der Waals surface area contributed by atoms with E-state index in [9.17, 15) is 4.79 Å². The highest BCUT2D eigenvalue weighted by Gasteiger charge is 2.23. The van der Waals surface area contributed by atoms with Crippen LogP contribution >= 0.6 is 0 Å². The number of rotatable bonds is 5. The normalized spacial score (nSPS) is 13.4. The zero-order chi connectivity index (χ0) is 13.2. The molecule has 0 aliphatic heterocycles. The van der Waals surface area contributed by atoms with E-state index in [0.29, 0.717) is 0 Å². The number of carbonyl (C=O) groups is 1. The lowest BCUT2D eigenvalue weighted by molar-refractivity contribution is -0.139. The minimum atomic E-state index is -0.802. The molecule has 0 radical (unpaired) electrons. The monoisotopic (exact) mass is 239 g/mol. The number of nitrogens with zero attached hydrogens (tertiary/aromatic N) is 1. The van der Waals surface area contributed by atoms with E-state index in [1.807, 2.05) is 45.6 Å². The smallest absolute Gasteiger partial charge is 0.317 e. The van der Waals surface area contributed by atoms with Gasteiger partial charge in [-0.3, -0.25) is 9.69 Å². The first kappa shape index (κ1) is 13.8. The van der Waals surface area contributed by atoms with E-state index in [2.05, 4.69) is 0 Å². The molecule has 1 aromatic rings. The molecule has 0 aromatic carbocycles. The fourth-order valence-electron chi connectivity index (χ4n) is 2.17. The molecule has 1 N–H and O–H groups in total. The molecule has 0 amide bonds. The summed E-state index contributed by atoms with van der Waals surface area (Å²) in [5, 5.41) is 8.94. The molecule has 0 saturated carbocycles. The molecule has 17 heavy (non-hydrogen) atoms. The van der Waals surface area contributed by atoms with Gasteiger partial charge in [-0.1, -0.05) is 0 Å². The Balaban J connectivity index is 2.95. The summed E-state index contributed by atoms with van der Waals surface area (Å²) in [6.07, 6.45) is 0. The van der Waals surface area contributed by atoms with Crippen molar-refractivity contribution in [3.05, 3.63) is 23.2 Å². The Morgan fingerprint density at radius 2 is 2.00 bits per heavy atom. The zero-order valence-corrected chi connectivity index (χ0v) is 11.2. The van der Waals surface area contributed by atoms with Crippen molar-refractivity contribution in [3.63, 3.8) is 0 Å². The zero-order valence-electron chi connectivity index (χ0n) is 11.2. The molecular formula is C13H21NO3. The van der Waals surface area contributed by atoms with E-state index in [4.69, 9.17) is 9.52 Å². The van der Waals surface area contributed by atoms with Crippen molar-refractivity contribution in [3.8, 4) is 0 Å². The van der Waals surface area contributed by atoms with Crippen LogP contribution in [0, 0.1) is 13.8 Å². The summed E-state index contributed by atoms with van der Waals surface area (Å²) in [4.78, 5) is 12.8. The second kappa shape index (κ2) is 5.36. The minimum absolute atomic E-state index is 0.0441. The van der Waals surface area contributed by atoms with Gasteiger partial charge in [-0.25, -0.2) is 0 Å². The van der Waals surface area contributed by atoms with Gasteiger partial charge in [0, 0.05) is 17.6 Å². The molecular weight excluding hydrogens is 218 g/mol. The fourth-order valence-corrected chi connectivity index (χ4v) is 2.17. The Labute approximate surface area is 102 Å². The first-order valence-corrected chi connectivity index (χ1v) is 5.87. The number of carboxylic acids is 1. The average Bonchev–Trinajstić information content (AvgIpc) is 2.52. The van der Waals surface area contributed by atoms with Gasteiger partial charge in [0.25, 0.3) is 0 Å².